The lowest BCUT2D eigenvalue weighted by Gasteiger charge is -2.35. The number of unbranched alkanes of at least 4 members (excludes halogenated alkanes) is 1. The number of hydrogen-bond acceptors (Lipinski definition) is 5. The molecule has 4 N–H and O–H groups in total. The Morgan fingerprint density at radius 2 is 1.73 bits per heavy atom. The number of aryl methyl sites for hydroxylation is 1. The summed E-state index contributed by atoms with van der Waals surface area (Å²) in [6.07, 6.45) is 6.06. The van der Waals surface area contributed by atoms with E-state index in [1.807, 2.05) is 26.0 Å². The minimum Gasteiger partial charge on any atom is -0.444 e. The Balaban J connectivity index is 2.60. The molecule has 9 heteroatoms. The highest BCUT2D eigenvalue weighted by Crippen LogP contribution is 2.28. The third-order valence-corrected chi connectivity index (χ3v) is 6.08. The number of benzene rings is 2. The van der Waals surface area contributed by atoms with E-state index in [4.69, 9.17) is 16.9 Å². The van der Waals surface area contributed by atoms with Crippen LogP contribution >= 0.6 is 0 Å². The highest BCUT2D eigenvalue weighted by molar-refractivity contribution is 5.99. The topological polar surface area (TPSA) is 131 Å². The maximum atomic E-state index is 14.2. The van der Waals surface area contributed by atoms with Crippen LogP contribution in [0.1, 0.15) is 76.1 Å². The zero-order valence-electron chi connectivity index (χ0n) is 24.0. The van der Waals surface area contributed by atoms with Crippen LogP contribution in [0.5, 0.6) is 0 Å². The van der Waals surface area contributed by atoms with Crippen molar-refractivity contribution in [2.75, 3.05) is 11.9 Å². The molecule has 2 aromatic carbocycles. The lowest BCUT2D eigenvalue weighted by atomic mass is 9.96. The standard InChI is InChI=1S/C31H40N4O5/c1-7-9-20-35(29(38)25(18-19-26(32)36)34-30(39)40-31(4,5)6)27(23-16-12-11-15-22(23)8-2)28(37)33-24-17-13-10-14-21(24)3/h2,10-17,25,27H,7,9,18-20H2,1,3-6H3,(H2,32,36)(H,33,37)(H,34,39). The number of alkyl carbamates (subject to hydrolysis) is 1. The second-order valence-corrected chi connectivity index (χ2v) is 10.5. The van der Waals surface area contributed by atoms with Crippen molar-refractivity contribution >= 4 is 29.5 Å². The largest absolute Gasteiger partial charge is 0.444 e. The molecule has 0 bridgehead atoms. The molecule has 0 aromatic heterocycles. The molecular weight excluding hydrogens is 508 g/mol. The average Bonchev–Trinajstić information content (AvgIpc) is 2.88. The second kappa shape index (κ2) is 14.7. The molecule has 0 fully saturated rings. The molecule has 0 radical (unpaired) electrons. The lowest BCUT2D eigenvalue weighted by Crippen LogP contribution is -2.53. The lowest BCUT2D eigenvalue weighted by molar-refractivity contribution is -0.141. The van der Waals surface area contributed by atoms with Gasteiger partial charge in [-0.3, -0.25) is 14.4 Å². The highest BCUT2D eigenvalue weighted by atomic mass is 16.6. The van der Waals surface area contributed by atoms with Gasteiger partial charge in [-0.1, -0.05) is 55.7 Å². The first-order valence-electron chi connectivity index (χ1n) is 13.4. The van der Waals surface area contributed by atoms with Crippen LogP contribution in [-0.4, -0.2) is 46.9 Å². The van der Waals surface area contributed by atoms with Crippen LogP contribution < -0.4 is 16.4 Å². The number of carbonyl (C=O) groups is 4. The predicted molar refractivity (Wildman–Crippen MR) is 155 cm³/mol. The number of nitrogens with two attached hydrogens (primary N) is 1. The van der Waals surface area contributed by atoms with Gasteiger partial charge in [-0.25, -0.2) is 4.79 Å². The van der Waals surface area contributed by atoms with E-state index in [1.165, 1.54) is 4.90 Å². The van der Waals surface area contributed by atoms with Gasteiger partial charge in [0, 0.05) is 24.2 Å². The first-order chi connectivity index (χ1) is 18.9. The number of anilines is 1. The fraction of sp³-hybridized carbons (Fsp3) is 0.419. The molecule has 2 rings (SSSR count). The zero-order chi connectivity index (χ0) is 29.9. The first-order valence-corrected chi connectivity index (χ1v) is 13.4. The van der Waals surface area contributed by atoms with Crippen LogP contribution in [-0.2, 0) is 19.1 Å². The van der Waals surface area contributed by atoms with E-state index in [9.17, 15) is 19.2 Å². The van der Waals surface area contributed by atoms with Crippen molar-refractivity contribution in [3.8, 4) is 12.3 Å². The molecule has 0 aliphatic rings. The van der Waals surface area contributed by atoms with Crippen LogP contribution in [0.3, 0.4) is 0 Å². The molecule has 9 nitrogen and oxygen atoms in total. The highest BCUT2D eigenvalue weighted by Gasteiger charge is 2.37. The van der Waals surface area contributed by atoms with Crippen molar-refractivity contribution in [2.45, 2.75) is 78.0 Å². The number of terminal acetylenes is 1. The monoisotopic (exact) mass is 548 g/mol. The normalized spacial score (nSPS) is 12.4. The van der Waals surface area contributed by atoms with Gasteiger partial charge in [0.15, 0.2) is 0 Å². The van der Waals surface area contributed by atoms with Gasteiger partial charge in [0.1, 0.15) is 17.7 Å². The number of amides is 4. The van der Waals surface area contributed by atoms with Crippen LogP contribution in [0.25, 0.3) is 0 Å². The average molecular weight is 549 g/mol. The summed E-state index contributed by atoms with van der Waals surface area (Å²) in [4.78, 5) is 53.9. The van der Waals surface area contributed by atoms with E-state index >= 15 is 0 Å². The number of primary amides is 1. The fourth-order valence-corrected chi connectivity index (χ4v) is 4.12. The number of nitrogens with one attached hydrogen (secondary N) is 2. The third-order valence-electron chi connectivity index (χ3n) is 6.08. The molecule has 4 amide bonds. The van der Waals surface area contributed by atoms with E-state index < -0.39 is 41.5 Å². The van der Waals surface area contributed by atoms with Gasteiger partial charge in [0.2, 0.25) is 11.8 Å². The van der Waals surface area contributed by atoms with Crippen molar-refractivity contribution in [3.05, 3.63) is 65.2 Å². The summed E-state index contributed by atoms with van der Waals surface area (Å²) in [6, 6.07) is 11.9. The maximum Gasteiger partial charge on any atom is 0.408 e. The maximum absolute atomic E-state index is 14.2. The van der Waals surface area contributed by atoms with E-state index in [0.29, 0.717) is 23.2 Å². The quantitative estimate of drug-likeness (QED) is 0.338. The molecule has 214 valence electrons. The molecule has 2 aromatic rings. The number of para-hydroxylation sites is 1. The molecule has 2 unspecified atom stereocenters. The van der Waals surface area contributed by atoms with Gasteiger partial charge in [-0.05, 0) is 63.8 Å². The Hall–Kier alpha value is -4.32. The van der Waals surface area contributed by atoms with Gasteiger partial charge in [0.05, 0.1) is 0 Å². The Morgan fingerprint density at radius 3 is 2.33 bits per heavy atom. The number of rotatable bonds is 12. The number of hydrogen-bond donors (Lipinski definition) is 3. The summed E-state index contributed by atoms with van der Waals surface area (Å²) in [6.45, 7) is 9.12. The predicted octanol–water partition coefficient (Wildman–Crippen LogP) is 4.44. The Kier molecular flexibility index (Phi) is 11.7. The summed E-state index contributed by atoms with van der Waals surface area (Å²) in [7, 11) is 0. The van der Waals surface area contributed by atoms with Gasteiger partial charge in [0.25, 0.3) is 5.91 Å². The third kappa shape index (κ3) is 9.45. The Bertz CT molecular complexity index is 1240. The van der Waals surface area contributed by atoms with E-state index in [-0.39, 0.29) is 19.4 Å². The SMILES string of the molecule is C#Cc1ccccc1C(C(=O)Nc1ccccc1C)N(CCCC)C(=O)C(CCC(N)=O)NC(=O)OC(C)(C)C. The number of nitrogens with zero attached hydrogens (tertiary/aromatic N) is 1. The van der Waals surface area contributed by atoms with Crippen molar-refractivity contribution in [1.29, 1.82) is 0 Å². The Labute approximate surface area is 236 Å². The molecule has 0 saturated heterocycles. The first kappa shape index (κ1) is 31.9. The van der Waals surface area contributed by atoms with Gasteiger partial charge in [-0.2, -0.15) is 0 Å². The van der Waals surface area contributed by atoms with Crippen molar-refractivity contribution in [1.82, 2.24) is 10.2 Å². The molecule has 0 aliphatic carbocycles. The van der Waals surface area contributed by atoms with E-state index in [2.05, 4.69) is 16.6 Å². The van der Waals surface area contributed by atoms with Crippen molar-refractivity contribution in [2.24, 2.45) is 5.73 Å². The van der Waals surface area contributed by atoms with Crippen LogP contribution in [0.2, 0.25) is 0 Å². The van der Waals surface area contributed by atoms with Gasteiger partial charge in [-0.15, -0.1) is 6.42 Å². The summed E-state index contributed by atoms with van der Waals surface area (Å²) in [5, 5.41) is 5.53. The smallest absolute Gasteiger partial charge is 0.408 e. The van der Waals surface area contributed by atoms with Crippen LogP contribution in [0.4, 0.5) is 10.5 Å². The fourth-order valence-electron chi connectivity index (χ4n) is 4.12. The van der Waals surface area contributed by atoms with Crippen LogP contribution in [0, 0.1) is 19.3 Å². The number of ether oxygens (including phenoxy) is 1. The van der Waals surface area contributed by atoms with Gasteiger partial charge < -0.3 is 26.0 Å². The molecule has 0 aliphatic heterocycles. The van der Waals surface area contributed by atoms with E-state index in [1.54, 1.807) is 57.2 Å². The van der Waals surface area contributed by atoms with Gasteiger partial charge >= 0.3 is 6.09 Å². The summed E-state index contributed by atoms with van der Waals surface area (Å²) in [5.74, 6) is 0.962. The summed E-state index contributed by atoms with van der Waals surface area (Å²) in [5.41, 5.74) is 6.91. The molecule has 2 atom stereocenters. The van der Waals surface area contributed by atoms with Crippen LogP contribution in [0.15, 0.2) is 48.5 Å². The molecular formula is C31H40N4O5. The van der Waals surface area contributed by atoms with Crippen molar-refractivity contribution in [3.63, 3.8) is 0 Å². The van der Waals surface area contributed by atoms with E-state index in [0.717, 1.165) is 12.0 Å². The molecule has 0 spiro atoms. The Morgan fingerprint density at radius 1 is 1.07 bits per heavy atom. The minimum absolute atomic E-state index is 0.0705. The summed E-state index contributed by atoms with van der Waals surface area (Å²) < 4.78 is 5.36. The summed E-state index contributed by atoms with van der Waals surface area (Å²) >= 11 is 0. The molecule has 40 heavy (non-hydrogen) atoms. The molecule has 0 saturated carbocycles. The zero-order valence-corrected chi connectivity index (χ0v) is 24.0. The minimum atomic E-state index is -1.18. The molecule has 0 heterocycles. The second-order valence-electron chi connectivity index (χ2n) is 10.5. The van der Waals surface area contributed by atoms with Crippen molar-refractivity contribution < 1.29 is 23.9 Å². The number of carbonyl (C=O) groups excluding carboxylic acids is 4.